The van der Waals surface area contributed by atoms with E-state index in [0.29, 0.717) is 10.7 Å². The van der Waals surface area contributed by atoms with Crippen molar-refractivity contribution in [3.05, 3.63) is 17.3 Å². The molecule has 0 fully saturated rings. The van der Waals surface area contributed by atoms with Gasteiger partial charge in [-0.15, -0.1) is 0 Å². The van der Waals surface area contributed by atoms with E-state index in [1.807, 2.05) is 0 Å². The van der Waals surface area contributed by atoms with Gasteiger partial charge in [-0.25, -0.2) is 4.98 Å². The van der Waals surface area contributed by atoms with Crippen LogP contribution in [0.5, 0.6) is 0 Å². The third kappa shape index (κ3) is 1.30. The predicted octanol–water partition coefficient (Wildman–Crippen LogP) is 1.36. The Bertz CT molecular complexity index is 236. The standard InChI is InChI=1S/C6H8ClN3/c1-9-6-2-4(7)5(8)3-10-6/h2-3H,8H2,1H3,(H,9,10). The zero-order valence-corrected chi connectivity index (χ0v) is 6.31. The van der Waals surface area contributed by atoms with E-state index in [1.54, 1.807) is 13.1 Å². The molecule has 10 heavy (non-hydrogen) atoms. The van der Waals surface area contributed by atoms with Crippen LogP contribution in [0, 0.1) is 0 Å². The SMILES string of the molecule is CNc1cc(Cl)c(N)cn1. The molecule has 0 aliphatic heterocycles. The Kier molecular flexibility index (Phi) is 1.97. The summed E-state index contributed by atoms with van der Waals surface area (Å²) in [6, 6.07) is 1.68. The van der Waals surface area contributed by atoms with Crippen LogP contribution in [0.1, 0.15) is 0 Å². The lowest BCUT2D eigenvalue weighted by Crippen LogP contribution is -1.94. The van der Waals surface area contributed by atoms with Gasteiger partial charge in [0.2, 0.25) is 0 Å². The van der Waals surface area contributed by atoms with Crippen molar-refractivity contribution < 1.29 is 0 Å². The maximum absolute atomic E-state index is 5.69. The Morgan fingerprint density at radius 3 is 2.90 bits per heavy atom. The van der Waals surface area contributed by atoms with Gasteiger partial charge in [0, 0.05) is 13.1 Å². The molecule has 0 bridgehead atoms. The summed E-state index contributed by atoms with van der Waals surface area (Å²) in [6.45, 7) is 0. The van der Waals surface area contributed by atoms with Gasteiger partial charge in [0.1, 0.15) is 5.82 Å². The highest BCUT2D eigenvalue weighted by molar-refractivity contribution is 6.33. The van der Waals surface area contributed by atoms with E-state index in [4.69, 9.17) is 17.3 Å². The molecule has 4 heteroatoms. The van der Waals surface area contributed by atoms with Crippen LogP contribution in [0.15, 0.2) is 12.3 Å². The van der Waals surface area contributed by atoms with E-state index < -0.39 is 0 Å². The highest BCUT2D eigenvalue weighted by Crippen LogP contribution is 2.19. The van der Waals surface area contributed by atoms with Gasteiger partial charge >= 0.3 is 0 Å². The Morgan fingerprint density at radius 1 is 1.70 bits per heavy atom. The molecule has 0 saturated heterocycles. The topological polar surface area (TPSA) is 50.9 Å². The molecule has 0 spiro atoms. The molecular weight excluding hydrogens is 150 g/mol. The first-order valence-electron chi connectivity index (χ1n) is 2.83. The monoisotopic (exact) mass is 157 g/mol. The number of halogens is 1. The Morgan fingerprint density at radius 2 is 2.40 bits per heavy atom. The summed E-state index contributed by atoms with van der Waals surface area (Å²) in [5, 5.41) is 3.37. The Hall–Kier alpha value is -0.960. The van der Waals surface area contributed by atoms with Gasteiger partial charge in [0.25, 0.3) is 0 Å². The maximum atomic E-state index is 5.69. The molecule has 0 atom stereocenters. The minimum Gasteiger partial charge on any atom is -0.396 e. The number of anilines is 2. The molecule has 0 unspecified atom stereocenters. The van der Waals surface area contributed by atoms with Crippen molar-refractivity contribution in [2.45, 2.75) is 0 Å². The maximum Gasteiger partial charge on any atom is 0.127 e. The molecular formula is C6H8ClN3. The van der Waals surface area contributed by atoms with Gasteiger partial charge in [-0.2, -0.15) is 0 Å². The van der Waals surface area contributed by atoms with Gasteiger partial charge in [-0.05, 0) is 0 Å². The molecule has 1 aromatic rings. The first-order chi connectivity index (χ1) is 4.74. The Balaban J connectivity index is 3.04. The number of pyridine rings is 1. The molecule has 3 N–H and O–H groups in total. The van der Waals surface area contributed by atoms with Crippen molar-refractivity contribution in [3.63, 3.8) is 0 Å². The van der Waals surface area contributed by atoms with Crippen LogP contribution >= 0.6 is 11.6 Å². The number of nitrogens with two attached hydrogens (primary N) is 1. The molecule has 1 aromatic heterocycles. The van der Waals surface area contributed by atoms with E-state index in [9.17, 15) is 0 Å². The third-order valence-electron chi connectivity index (χ3n) is 1.14. The first kappa shape index (κ1) is 7.15. The molecule has 3 nitrogen and oxygen atoms in total. The fourth-order valence-electron chi connectivity index (χ4n) is 0.578. The highest BCUT2D eigenvalue weighted by atomic mass is 35.5. The summed E-state index contributed by atoms with van der Waals surface area (Å²) in [4.78, 5) is 3.94. The molecule has 0 saturated carbocycles. The zero-order chi connectivity index (χ0) is 7.56. The first-order valence-corrected chi connectivity index (χ1v) is 3.20. The van der Waals surface area contributed by atoms with Crippen molar-refractivity contribution in [3.8, 4) is 0 Å². The van der Waals surface area contributed by atoms with Gasteiger partial charge in [-0.1, -0.05) is 11.6 Å². The van der Waals surface area contributed by atoms with Crippen LogP contribution < -0.4 is 11.1 Å². The summed E-state index contributed by atoms with van der Waals surface area (Å²) in [5.41, 5.74) is 5.92. The lowest BCUT2D eigenvalue weighted by molar-refractivity contribution is 1.29. The van der Waals surface area contributed by atoms with E-state index in [-0.39, 0.29) is 0 Å². The molecule has 54 valence electrons. The quantitative estimate of drug-likeness (QED) is 0.647. The van der Waals surface area contributed by atoms with E-state index in [2.05, 4.69) is 10.3 Å². The van der Waals surface area contributed by atoms with E-state index in [0.717, 1.165) is 5.82 Å². The highest BCUT2D eigenvalue weighted by Gasteiger charge is 1.95. The average Bonchev–Trinajstić information content (AvgIpc) is 1.95. The van der Waals surface area contributed by atoms with Crippen molar-refractivity contribution >= 4 is 23.1 Å². The third-order valence-corrected chi connectivity index (χ3v) is 1.47. The number of hydrogen-bond donors (Lipinski definition) is 2. The number of nitrogens with zero attached hydrogens (tertiary/aromatic N) is 1. The van der Waals surface area contributed by atoms with Crippen molar-refractivity contribution in [2.24, 2.45) is 0 Å². The van der Waals surface area contributed by atoms with Crippen LogP contribution in [-0.2, 0) is 0 Å². The van der Waals surface area contributed by atoms with Crippen LogP contribution in [-0.4, -0.2) is 12.0 Å². The minimum atomic E-state index is 0.501. The second-order valence-corrected chi connectivity index (χ2v) is 2.25. The number of rotatable bonds is 1. The van der Waals surface area contributed by atoms with E-state index in [1.165, 1.54) is 6.20 Å². The number of nitrogens with one attached hydrogen (secondary N) is 1. The molecule has 0 aliphatic rings. The number of hydrogen-bond acceptors (Lipinski definition) is 3. The summed E-state index contributed by atoms with van der Waals surface area (Å²) >= 11 is 5.69. The fraction of sp³-hybridized carbons (Fsp3) is 0.167. The van der Waals surface area contributed by atoms with Crippen LogP contribution in [0.4, 0.5) is 11.5 Å². The molecule has 0 aromatic carbocycles. The molecule has 0 amide bonds. The van der Waals surface area contributed by atoms with Crippen LogP contribution in [0.25, 0.3) is 0 Å². The summed E-state index contributed by atoms with van der Waals surface area (Å²) in [6.07, 6.45) is 1.52. The van der Waals surface area contributed by atoms with Crippen LogP contribution in [0.2, 0.25) is 5.02 Å². The van der Waals surface area contributed by atoms with Gasteiger partial charge in [-0.3, -0.25) is 0 Å². The Labute approximate surface area is 64.2 Å². The van der Waals surface area contributed by atoms with E-state index >= 15 is 0 Å². The lowest BCUT2D eigenvalue weighted by atomic mass is 10.4. The van der Waals surface area contributed by atoms with Crippen molar-refractivity contribution in [1.82, 2.24) is 4.98 Å². The van der Waals surface area contributed by atoms with Gasteiger partial charge in [0.15, 0.2) is 0 Å². The molecule has 1 heterocycles. The lowest BCUT2D eigenvalue weighted by Gasteiger charge is -2.00. The predicted molar refractivity (Wildman–Crippen MR) is 43.2 cm³/mol. The average molecular weight is 158 g/mol. The fourth-order valence-corrected chi connectivity index (χ4v) is 0.730. The molecule has 0 aliphatic carbocycles. The summed E-state index contributed by atoms with van der Waals surface area (Å²) in [7, 11) is 1.77. The number of nitrogen functional groups attached to an aromatic ring is 1. The minimum absolute atomic E-state index is 0.501. The normalized spacial score (nSPS) is 9.40. The van der Waals surface area contributed by atoms with Gasteiger partial charge in [0.05, 0.1) is 16.9 Å². The largest absolute Gasteiger partial charge is 0.396 e. The van der Waals surface area contributed by atoms with Crippen molar-refractivity contribution in [2.75, 3.05) is 18.1 Å². The van der Waals surface area contributed by atoms with Gasteiger partial charge < -0.3 is 11.1 Å². The zero-order valence-electron chi connectivity index (χ0n) is 5.56. The smallest absolute Gasteiger partial charge is 0.127 e. The summed E-state index contributed by atoms with van der Waals surface area (Å²) < 4.78 is 0. The number of aromatic nitrogens is 1. The second-order valence-electron chi connectivity index (χ2n) is 1.84. The van der Waals surface area contributed by atoms with Crippen molar-refractivity contribution in [1.29, 1.82) is 0 Å². The van der Waals surface area contributed by atoms with Crippen LogP contribution in [0.3, 0.4) is 0 Å². The molecule has 1 rings (SSSR count). The second kappa shape index (κ2) is 2.75. The molecule has 0 radical (unpaired) electrons. The summed E-state index contributed by atoms with van der Waals surface area (Å²) in [5.74, 6) is 0.721.